The molecule has 1 aromatic heterocycles. The van der Waals surface area contributed by atoms with Crippen molar-refractivity contribution in [3.8, 4) is 0 Å². The van der Waals surface area contributed by atoms with Gasteiger partial charge < -0.3 is 10.1 Å². The summed E-state index contributed by atoms with van der Waals surface area (Å²) in [5.74, 6) is -0.932. The monoisotopic (exact) mass is 493 g/mol. The number of fused-ring (bicyclic) bond motifs is 1. The van der Waals surface area contributed by atoms with E-state index < -0.39 is 17.0 Å². The molecule has 1 amide bonds. The number of nitrogens with one attached hydrogen (secondary N) is 1. The number of aromatic nitrogens is 2. The fourth-order valence-corrected chi connectivity index (χ4v) is 4.29. The summed E-state index contributed by atoms with van der Waals surface area (Å²) in [6, 6.07) is 11.2. The second-order valence-electron chi connectivity index (χ2n) is 6.76. The van der Waals surface area contributed by atoms with Crippen LogP contribution in [0.5, 0.6) is 0 Å². The van der Waals surface area contributed by atoms with Crippen molar-refractivity contribution in [2.75, 3.05) is 19.0 Å². The molecule has 0 fully saturated rings. The summed E-state index contributed by atoms with van der Waals surface area (Å²) in [5.41, 5.74) is 0.448. The van der Waals surface area contributed by atoms with Crippen LogP contribution in [0.1, 0.15) is 19.9 Å². The first-order valence-corrected chi connectivity index (χ1v) is 10.9. The van der Waals surface area contributed by atoms with E-state index in [1.165, 1.54) is 12.1 Å². The highest BCUT2D eigenvalue weighted by atomic mass is 79.9. The molecule has 0 bridgehead atoms. The van der Waals surface area contributed by atoms with E-state index in [2.05, 4.69) is 26.2 Å². The summed E-state index contributed by atoms with van der Waals surface area (Å²) in [7, 11) is 1.56. The number of halogens is 2. The van der Waals surface area contributed by atoms with Gasteiger partial charge in [-0.2, -0.15) is 0 Å². The lowest BCUT2D eigenvalue weighted by molar-refractivity contribution is -0.115. The van der Waals surface area contributed by atoms with Crippen molar-refractivity contribution >= 4 is 50.2 Å². The molecule has 2 atom stereocenters. The molecule has 0 aliphatic rings. The fraction of sp³-hybridized carbons (Fsp3) is 0.286. The van der Waals surface area contributed by atoms with Crippen LogP contribution in [0.4, 0.5) is 10.1 Å². The second-order valence-corrected chi connectivity index (χ2v) is 8.99. The van der Waals surface area contributed by atoms with Gasteiger partial charge in [0.2, 0.25) is 5.91 Å². The third kappa shape index (κ3) is 4.91. The first-order chi connectivity index (χ1) is 14.3. The number of carbonyl (C=O) groups is 1. The van der Waals surface area contributed by atoms with Crippen molar-refractivity contribution in [3.05, 3.63) is 63.1 Å². The highest BCUT2D eigenvalue weighted by Gasteiger charge is 2.22. The largest absolute Gasteiger partial charge is 0.383 e. The van der Waals surface area contributed by atoms with Crippen LogP contribution in [-0.2, 0) is 9.53 Å². The van der Waals surface area contributed by atoms with Crippen LogP contribution in [0.2, 0.25) is 0 Å². The number of thioether (sulfide) groups is 1. The Balaban J connectivity index is 1.92. The molecule has 2 aromatic carbocycles. The zero-order chi connectivity index (χ0) is 21.8. The first kappa shape index (κ1) is 22.5. The number of hydrogen-bond donors (Lipinski definition) is 1. The summed E-state index contributed by atoms with van der Waals surface area (Å²) in [4.78, 5) is 30.4. The van der Waals surface area contributed by atoms with E-state index in [-0.39, 0.29) is 17.3 Å². The molecule has 158 valence electrons. The topological polar surface area (TPSA) is 73.2 Å². The van der Waals surface area contributed by atoms with Crippen LogP contribution in [-0.4, -0.2) is 34.4 Å². The van der Waals surface area contributed by atoms with E-state index in [1.54, 1.807) is 48.9 Å². The predicted molar refractivity (Wildman–Crippen MR) is 121 cm³/mol. The quantitative estimate of drug-likeness (QED) is 0.383. The van der Waals surface area contributed by atoms with E-state index >= 15 is 0 Å². The lowest BCUT2D eigenvalue weighted by atomic mass is 10.2. The highest BCUT2D eigenvalue weighted by molar-refractivity contribution is 9.10. The maximum absolute atomic E-state index is 14.1. The van der Waals surface area contributed by atoms with Gasteiger partial charge in [-0.05, 0) is 44.2 Å². The molecular formula is C21H21BrFN3O3S. The van der Waals surface area contributed by atoms with Gasteiger partial charge in [0, 0.05) is 11.6 Å². The Morgan fingerprint density at radius 2 is 2.03 bits per heavy atom. The molecule has 0 radical (unpaired) electrons. The van der Waals surface area contributed by atoms with E-state index in [0.717, 1.165) is 11.8 Å². The number of nitrogens with zero attached hydrogens (tertiary/aromatic N) is 2. The Morgan fingerprint density at radius 3 is 2.73 bits per heavy atom. The molecule has 0 spiro atoms. The zero-order valence-corrected chi connectivity index (χ0v) is 19.1. The van der Waals surface area contributed by atoms with Gasteiger partial charge in [0.15, 0.2) is 5.16 Å². The Labute approximate surface area is 186 Å². The van der Waals surface area contributed by atoms with Gasteiger partial charge >= 0.3 is 0 Å². The van der Waals surface area contributed by atoms with E-state index in [4.69, 9.17) is 4.74 Å². The summed E-state index contributed by atoms with van der Waals surface area (Å²) in [6.07, 6.45) is 0. The maximum atomic E-state index is 14.1. The van der Waals surface area contributed by atoms with E-state index in [9.17, 15) is 14.0 Å². The number of para-hydroxylation sites is 1. The SMILES string of the molecule is COC[C@H](C)n1c(S[C@H](C)C(=O)Nc2ccc(Br)cc2F)nc2ccccc2c1=O. The Morgan fingerprint density at radius 1 is 1.30 bits per heavy atom. The minimum Gasteiger partial charge on any atom is -0.383 e. The zero-order valence-electron chi connectivity index (χ0n) is 16.7. The average molecular weight is 494 g/mol. The van der Waals surface area contributed by atoms with Gasteiger partial charge in [0.05, 0.1) is 34.5 Å². The van der Waals surface area contributed by atoms with Crippen LogP contribution >= 0.6 is 27.7 Å². The number of anilines is 1. The molecule has 0 aliphatic carbocycles. The Kier molecular flexibility index (Phi) is 7.27. The Bertz CT molecular complexity index is 1140. The van der Waals surface area contributed by atoms with Gasteiger partial charge in [-0.25, -0.2) is 9.37 Å². The third-order valence-corrected chi connectivity index (χ3v) is 6.02. The molecule has 1 N–H and O–H groups in total. The molecule has 6 nitrogen and oxygen atoms in total. The van der Waals surface area contributed by atoms with Crippen molar-refractivity contribution < 1.29 is 13.9 Å². The average Bonchev–Trinajstić information content (AvgIpc) is 2.70. The number of rotatable bonds is 7. The Hall–Kier alpha value is -2.23. The van der Waals surface area contributed by atoms with Gasteiger partial charge in [0.1, 0.15) is 5.82 Å². The number of benzene rings is 2. The fourth-order valence-electron chi connectivity index (χ4n) is 2.95. The van der Waals surface area contributed by atoms with E-state index in [1.807, 2.05) is 6.92 Å². The number of ether oxygens (including phenoxy) is 1. The lowest BCUT2D eigenvalue weighted by Gasteiger charge is -2.20. The highest BCUT2D eigenvalue weighted by Crippen LogP contribution is 2.27. The molecule has 30 heavy (non-hydrogen) atoms. The van der Waals surface area contributed by atoms with Crippen molar-refractivity contribution in [1.82, 2.24) is 9.55 Å². The molecular weight excluding hydrogens is 473 g/mol. The van der Waals surface area contributed by atoms with Crippen LogP contribution in [0.25, 0.3) is 10.9 Å². The predicted octanol–water partition coefficient (Wildman–Crippen LogP) is 4.62. The van der Waals surface area contributed by atoms with Gasteiger partial charge in [0.25, 0.3) is 5.56 Å². The smallest absolute Gasteiger partial charge is 0.262 e. The number of amides is 1. The third-order valence-electron chi connectivity index (χ3n) is 4.46. The van der Waals surface area contributed by atoms with Crippen LogP contribution in [0.3, 0.4) is 0 Å². The number of carbonyl (C=O) groups excluding carboxylic acids is 1. The van der Waals surface area contributed by atoms with Gasteiger partial charge in [-0.3, -0.25) is 14.2 Å². The lowest BCUT2D eigenvalue weighted by Crippen LogP contribution is -2.30. The van der Waals surface area contributed by atoms with Crippen molar-refractivity contribution in [1.29, 1.82) is 0 Å². The first-order valence-electron chi connectivity index (χ1n) is 9.24. The van der Waals surface area contributed by atoms with Crippen molar-refractivity contribution in [2.24, 2.45) is 0 Å². The normalized spacial score (nSPS) is 13.2. The van der Waals surface area contributed by atoms with Crippen LogP contribution in [0, 0.1) is 5.82 Å². The van der Waals surface area contributed by atoms with Crippen LogP contribution < -0.4 is 10.9 Å². The minimum absolute atomic E-state index is 0.0901. The summed E-state index contributed by atoms with van der Waals surface area (Å²) < 4.78 is 21.4. The van der Waals surface area contributed by atoms with Crippen molar-refractivity contribution in [3.63, 3.8) is 0 Å². The molecule has 1 heterocycles. The standard InChI is InChI=1S/C21H21BrFN3O3S/c1-12(11-29-3)26-20(28)15-6-4-5-7-17(15)25-21(26)30-13(2)19(27)24-18-9-8-14(22)10-16(18)23/h4-10,12-13H,11H2,1-3H3,(H,24,27)/t12-,13+/m0/s1. The van der Waals surface area contributed by atoms with Crippen LogP contribution in [0.15, 0.2) is 56.9 Å². The molecule has 0 aliphatic heterocycles. The van der Waals surface area contributed by atoms with Gasteiger partial charge in [-0.15, -0.1) is 0 Å². The summed E-state index contributed by atoms with van der Waals surface area (Å²) in [6.45, 7) is 3.86. The van der Waals surface area contributed by atoms with Crippen molar-refractivity contribution in [2.45, 2.75) is 30.3 Å². The molecule has 0 saturated carbocycles. The summed E-state index contributed by atoms with van der Waals surface area (Å²) in [5, 5.41) is 2.87. The number of methoxy groups -OCH3 is 1. The molecule has 3 rings (SSSR count). The van der Waals surface area contributed by atoms with E-state index in [0.29, 0.717) is 27.1 Å². The van der Waals surface area contributed by atoms with Gasteiger partial charge in [-0.1, -0.05) is 39.8 Å². The minimum atomic E-state index is -0.623. The molecule has 0 unspecified atom stereocenters. The second kappa shape index (κ2) is 9.72. The summed E-state index contributed by atoms with van der Waals surface area (Å²) >= 11 is 4.33. The molecule has 3 aromatic rings. The number of hydrogen-bond acceptors (Lipinski definition) is 5. The maximum Gasteiger partial charge on any atom is 0.262 e. The molecule has 9 heteroatoms. The molecule has 0 saturated heterocycles.